The minimum atomic E-state index is -0.452. The number of hydrogen-bond donors (Lipinski definition) is 6. The van der Waals surface area contributed by atoms with E-state index in [1.807, 2.05) is 111 Å². The van der Waals surface area contributed by atoms with Crippen LogP contribution in [-0.2, 0) is 25.7 Å². The topological polar surface area (TPSA) is 197 Å². The molecule has 0 aliphatic carbocycles. The predicted octanol–water partition coefficient (Wildman–Crippen LogP) is 2.17. The van der Waals surface area contributed by atoms with E-state index >= 15 is 0 Å². The molecule has 1 aliphatic heterocycles. The van der Waals surface area contributed by atoms with E-state index in [4.69, 9.17) is 4.74 Å². The van der Waals surface area contributed by atoms with Crippen molar-refractivity contribution >= 4 is 52.5 Å². The van der Waals surface area contributed by atoms with E-state index in [-0.39, 0.29) is 73.2 Å². The van der Waals surface area contributed by atoms with Crippen molar-refractivity contribution in [1.29, 1.82) is 0 Å². The van der Waals surface area contributed by atoms with Crippen molar-refractivity contribution in [1.82, 2.24) is 35.6 Å². The van der Waals surface area contributed by atoms with E-state index in [0.29, 0.717) is 75.0 Å². The SMILES string of the molecule is CNC(=O)c1cc(CNC(=O)CN2CCN(CC(=O)Nc3ccccc3)CCN(CC(=O)Nc3ccccc3)CCN(CC(=O)Nc3ccccc3)CC2)cc(C(=O)NC)c1OC. The highest BCUT2D eigenvalue weighted by Crippen LogP contribution is 2.26. The summed E-state index contributed by atoms with van der Waals surface area (Å²) in [6, 6.07) is 30.8. The lowest BCUT2D eigenvalue weighted by molar-refractivity contribution is -0.123. The summed E-state index contributed by atoms with van der Waals surface area (Å²) in [5, 5.41) is 17.0. The molecule has 4 aromatic rings. The third-order valence-corrected chi connectivity index (χ3v) is 10.4. The van der Waals surface area contributed by atoms with Crippen LogP contribution in [-0.4, -0.2) is 155 Å². The van der Waals surface area contributed by atoms with Gasteiger partial charge < -0.3 is 36.6 Å². The van der Waals surface area contributed by atoms with E-state index in [2.05, 4.69) is 31.9 Å². The van der Waals surface area contributed by atoms with Crippen molar-refractivity contribution in [2.45, 2.75) is 6.54 Å². The van der Waals surface area contributed by atoms with Gasteiger partial charge in [0.15, 0.2) is 0 Å². The third-order valence-electron chi connectivity index (χ3n) is 10.4. The van der Waals surface area contributed by atoms with Crippen molar-refractivity contribution in [2.75, 3.05) is 116 Å². The maximum atomic E-state index is 13.7. The molecule has 63 heavy (non-hydrogen) atoms. The zero-order valence-electron chi connectivity index (χ0n) is 36.2. The van der Waals surface area contributed by atoms with Gasteiger partial charge in [0, 0.05) is 90.1 Å². The maximum absolute atomic E-state index is 13.7. The Morgan fingerprint density at radius 3 is 1.06 bits per heavy atom. The Morgan fingerprint density at radius 2 is 0.778 bits per heavy atom. The van der Waals surface area contributed by atoms with E-state index in [9.17, 15) is 28.8 Å². The Morgan fingerprint density at radius 1 is 0.476 bits per heavy atom. The number of benzene rings is 4. The number of carbonyl (C=O) groups excluding carboxylic acids is 6. The summed E-state index contributed by atoms with van der Waals surface area (Å²) in [6.45, 7) is 3.65. The highest BCUT2D eigenvalue weighted by Gasteiger charge is 2.24. The van der Waals surface area contributed by atoms with Crippen molar-refractivity contribution in [2.24, 2.45) is 0 Å². The Labute approximate surface area is 368 Å². The zero-order chi connectivity index (χ0) is 45.0. The zero-order valence-corrected chi connectivity index (χ0v) is 36.2. The molecule has 0 atom stereocenters. The number of carbonyl (C=O) groups is 6. The van der Waals surface area contributed by atoms with Gasteiger partial charge in [-0.3, -0.25) is 48.4 Å². The first kappa shape index (κ1) is 47.4. The lowest BCUT2D eigenvalue weighted by Gasteiger charge is -2.33. The van der Waals surface area contributed by atoms with Crippen LogP contribution in [0.1, 0.15) is 26.3 Å². The van der Waals surface area contributed by atoms with E-state index in [1.54, 1.807) is 12.1 Å². The molecule has 5 rings (SSSR count). The molecule has 1 fully saturated rings. The smallest absolute Gasteiger partial charge is 0.254 e. The lowest BCUT2D eigenvalue weighted by atomic mass is 10.0. The first-order valence-corrected chi connectivity index (χ1v) is 20.9. The van der Waals surface area contributed by atoms with Crippen LogP contribution in [0.4, 0.5) is 17.1 Å². The molecule has 0 unspecified atom stereocenters. The quantitative estimate of drug-likeness (QED) is 0.0967. The second-order valence-corrected chi connectivity index (χ2v) is 15.0. The fourth-order valence-electron chi connectivity index (χ4n) is 7.06. The molecular formula is C46H58N10O7. The van der Waals surface area contributed by atoms with Crippen molar-refractivity contribution in [3.8, 4) is 5.75 Å². The van der Waals surface area contributed by atoms with Gasteiger partial charge in [0.05, 0.1) is 44.4 Å². The van der Waals surface area contributed by atoms with Crippen molar-refractivity contribution in [3.63, 3.8) is 0 Å². The molecule has 4 aromatic carbocycles. The van der Waals surface area contributed by atoms with Crippen LogP contribution in [0.25, 0.3) is 0 Å². The molecule has 0 radical (unpaired) electrons. The molecule has 334 valence electrons. The average Bonchev–Trinajstić information content (AvgIpc) is 3.29. The summed E-state index contributed by atoms with van der Waals surface area (Å²) in [4.78, 5) is 87.3. The van der Waals surface area contributed by atoms with Gasteiger partial charge >= 0.3 is 0 Å². The maximum Gasteiger partial charge on any atom is 0.254 e. The molecule has 17 heteroatoms. The Bertz CT molecular complexity index is 2030. The number of nitrogens with zero attached hydrogens (tertiary/aromatic N) is 4. The predicted molar refractivity (Wildman–Crippen MR) is 243 cm³/mol. The number of amides is 6. The van der Waals surface area contributed by atoms with Gasteiger partial charge in [-0.1, -0.05) is 54.6 Å². The van der Waals surface area contributed by atoms with Crippen molar-refractivity contribution in [3.05, 3.63) is 120 Å². The van der Waals surface area contributed by atoms with Crippen molar-refractivity contribution < 1.29 is 33.5 Å². The van der Waals surface area contributed by atoms with Gasteiger partial charge in [-0.25, -0.2) is 0 Å². The van der Waals surface area contributed by atoms with Crippen LogP contribution in [0.5, 0.6) is 5.75 Å². The number of rotatable bonds is 16. The molecule has 1 saturated heterocycles. The standard InChI is InChI=1S/C46H58N10O7/c1-47-45(61)38-27-34(28-39(44(38)63-3)46(62)48-2)29-49-40(57)30-53-19-21-54(31-41(58)50-35-13-7-4-8-14-35)23-25-56(33-43(60)52-37-17-11-6-12-18-37)26-24-55(22-20-53)32-42(59)51-36-15-9-5-10-16-36/h4-18,27-28H,19-26,29-33H2,1-3H3,(H,47,61)(H,48,62)(H,49,57)(H,50,58)(H,51,59)(H,52,60). The Balaban J connectivity index is 1.34. The first-order chi connectivity index (χ1) is 30.5. The average molecular weight is 863 g/mol. The molecule has 6 amide bonds. The van der Waals surface area contributed by atoms with Gasteiger partial charge in [0.25, 0.3) is 11.8 Å². The van der Waals surface area contributed by atoms with Crippen LogP contribution in [0.15, 0.2) is 103 Å². The van der Waals surface area contributed by atoms with Crippen LogP contribution in [0.2, 0.25) is 0 Å². The van der Waals surface area contributed by atoms with E-state index in [0.717, 1.165) is 0 Å². The number of para-hydroxylation sites is 3. The minimum absolute atomic E-state index is 0.0132. The summed E-state index contributed by atoms with van der Waals surface area (Å²) in [5.41, 5.74) is 2.85. The van der Waals surface area contributed by atoms with Gasteiger partial charge in [-0.2, -0.15) is 0 Å². The minimum Gasteiger partial charge on any atom is -0.495 e. The summed E-state index contributed by atoms with van der Waals surface area (Å²) in [6.07, 6.45) is 0. The first-order valence-electron chi connectivity index (χ1n) is 20.9. The lowest BCUT2D eigenvalue weighted by Crippen LogP contribution is -2.50. The van der Waals surface area contributed by atoms with Crippen LogP contribution in [0, 0.1) is 0 Å². The largest absolute Gasteiger partial charge is 0.495 e. The Kier molecular flexibility index (Phi) is 18.6. The molecule has 1 heterocycles. The fourth-order valence-corrected chi connectivity index (χ4v) is 7.06. The number of ether oxygens (including phenoxy) is 1. The third kappa shape index (κ3) is 15.6. The molecule has 0 spiro atoms. The van der Waals surface area contributed by atoms with Crippen LogP contribution in [0.3, 0.4) is 0 Å². The molecular weight excluding hydrogens is 805 g/mol. The van der Waals surface area contributed by atoms with Gasteiger partial charge in [-0.15, -0.1) is 0 Å². The van der Waals surface area contributed by atoms with Gasteiger partial charge in [0.1, 0.15) is 5.75 Å². The summed E-state index contributed by atoms with van der Waals surface area (Å²) < 4.78 is 5.44. The highest BCUT2D eigenvalue weighted by molar-refractivity contribution is 6.04. The second-order valence-electron chi connectivity index (χ2n) is 15.0. The van der Waals surface area contributed by atoms with Gasteiger partial charge in [0.2, 0.25) is 23.6 Å². The summed E-state index contributed by atoms with van der Waals surface area (Å²) in [5.74, 6) is -1.68. The molecule has 0 bridgehead atoms. The molecule has 17 nitrogen and oxygen atoms in total. The van der Waals surface area contributed by atoms with Gasteiger partial charge in [-0.05, 0) is 54.1 Å². The highest BCUT2D eigenvalue weighted by atomic mass is 16.5. The van der Waals surface area contributed by atoms with Crippen LogP contribution < -0.4 is 36.6 Å². The Hall–Kier alpha value is -6.66. The monoisotopic (exact) mass is 862 g/mol. The number of methoxy groups -OCH3 is 1. The van der Waals surface area contributed by atoms with E-state index in [1.165, 1.54) is 21.2 Å². The summed E-state index contributed by atoms with van der Waals surface area (Å²) in [7, 11) is 4.33. The number of anilines is 3. The van der Waals surface area contributed by atoms with E-state index < -0.39 is 11.8 Å². The number of nitrogens with one attached hydrogen (secondary N) is 6. The molecule has 1 aliphatic rings. The molecule has 0 aromatic heterocycles. The summed E-state index contributed by atoms with van der Waals surface area (Å²) >= 11 is 0. The normalized spacial score (nSPS) is 14.5. The number of hydrogen-bond acceptors (Lipinski definition) is 11. The molecule has 0 saturated carbocycles. The second kappa shape index (κ2) is 24.7. The molecule has 6 N–H and O–H groups in total. The fraction of sp³-hybridized carbons (Fsp3) is 0.348. The van der Waals surface area contributed by atoms with Crippen LogP contribution >= 0.6 is 0 Å².